The number of carbonyl (C=O) groups excluding carboxylic acids is 2. The van der Waals surface area contributed by atoms with E-state index in [2.05, 4.69) is 24.5 Å². The molecular weight excluding hydrogens is 330 g/mol. The minimum atomic E-state index is -0.351. The Balaban J connectivity index is 0.00000529. The molecule has 0 saturated carbocycles. The van der Waals surface area contributed by atoms with Crippen molar-refractivity contribution in [1.82, 2.24) is 10.6 Å². The van der Waals surface area contributed by atoms with Gasteiger partial charge in [-0.25, -0.2) is 0 Å². The molecule has 0 saturated heterocycles. The van der Waals surface area contributed by atoms with Gasteiger partial charge < -0.3 is 21.1 Å². The van der Waals surface area contributed by atoms with Crippen LogP contribution >= 0.6 is 12.4 Å². The first kappa shape index (κ1) is 22.2. The Morgan fingerprint density at radius 2 is 1.75 bits per heavy atom. The van der Waals surface area contributed by atoms with Crippen molar-refractivity contribution < 1.29 is 14.3 Å². The molecule has 24 heavy (non-hydrogen) atoms. The number of nitrogens with two attached hydrogens (primary N) is 1. The largest absolute Gasteiger partial charge is 0.494 e. The molecule has 6 nitrogen and oxygen atoms in total. The van der Waals surface area contributed by atoms with E-state index in [0.717, 1.165) is 17.7 Å². The Morgan fingerprint density at radius 1 is 1.12 bits per heavy atom. The van der Waals surface area contributed by atoms with Crippen LogP contribution in [0, 0.1) is 5.92 Å². The predicted molar refractivity (Wildman–Crippen MR) is 97.3 cm³/mol. The summed E-state index contributed by atoms with van der Waals surface area (Å²) in [7, 11) is 0. The molecule has 1 aromatic rings. The molecule has 1 atom stereocenters. The zero-order valence-electron chi connectivity index (χ0n) is 14.5. The van der Waals surface area contributed by atoms with Gasteiger partial charge in [-0.3, -0.25) is 9.59 Å². The Morgan fingerprint density at radius 3 is 2.29 bits per heavy atom. The molecule has 0 aliphatic heterocycles. The fourth-order valence-corrected chi connectivity index (χ4v) is 1.89. The van der Waals surface area contributed by atoms with Gasteiger partial charge in [0.1, 0.15) is 5.75 Å². The van der Waals surface area contributed by atoms with Crippen molar-refractivity contribution in [3.63, 3.8) is 0 Å². The van der Waals surface area contributed by atoms with Crippen LogP contribution in [0.4, 0.5) is 0 Å². The third kappa shape index (κ3) is 8.74. The van der Waals surface area contributed by atoms with E-state index in [0.29, 0.717) is 12.5 Å². The van der Waals surface area contributed by atoms with Crippen LogP contribution in [-0.4, -0.2) is 31.5 Å². The average molecular weight is 358 g/mol. The van der Waals surface area contributed by atoms with Gasteiger partial charge in [0.2, 0.25) is 11.8 Å². The van der Waals surface area contributed by atoms with Gasteiger partial charge >= 0.3 is 0 Å². The molecule has 1 aromatic carbocycles. The van der Waals surface area contributed by atoms with Gasteiger partial charge in [0, 0.05) is 0 Å². The number of hydrogen-bond donors (Lipinski definition) is 3. The summed E-state index contributed by atoms with van der Waals surface area (Å²) in [5.74, 6) is 0.833. The normalized spacial score (nSPS) is 11.4. The number of hydrogen-bond acceptors (Lipinski definition) is 4. The first-order chi connectivity index (χ1) is 10.9. The Bertz CT molecular complexity index is 506. The molecule has 2 amide bonds. The highest BCUT2D eigenvalue weighted by Gasteiger charge is 2.10. The average Bonchev–Trinajstić information content (AvgIpc) is 2.52. The van der Waals surface area contributed by atoms with Gasteiger partial charge in [-0.2, -0.15) is 0 Å². The summed E-state index contributed by atoms with van der Waals surface area (Å²) >= 11 is 0. The van der Waals surface area contributed by atoms with E-state index in [1.165, 1.54) is 0 Å². The molecule has 136 valence electrons. The van der Waals surface area contributed by atoms with Crippen molar-refractivity contribution in [3.05, 3.63) is 29.8 Å². The lowest BCUT2D eigenvalue weighted by atomic mass is 10.1. The molecule has 7 heteroatoms. The number of amides is 2. The first-order valence-electron chi connectivity index (χ1n) is 7.91. The standard InChI is InChI=1S/C17H27N3O3.ClH/c1-12(2)8-9-23-15-6-4-14(5-7-15)13(3)20-17(22)11-19-16(21)10-18;/h4-7,12-13H,8-11,18H2,1-3H3,(H,19,21)(H,20,22);1H. The van der Waals surface area contributed by atoms with Crippen molar-refractivity contribution >= 4 is 24.2 Å². The van der Waals surface area contributed by atoms with Crippen molar-refractivity contribution in [3.8, 4) is 5.75 Å². The maximum absolute atomic E-state index is 11.7. The topological polar surface area (TPSA) is 93.5 Å². The van der Waals surface area contributed by atoms with Gasteiger partial charge in [0.05, 0.1) is 25.7 Å². The molecular formula is C17H28ClN3O3. The molecule has 0 fully saturated rings. The maximum atomic E-state index is 11.7. The van der Waals surface area contributed by atoms with E-state index in [1.807, 2.05) is 31.2 Å². The number of benzene rings is 1. The van der Waals surface area contributed by atoms with E-state index in [4.69, 9.17) is 10.5 Å². The fourth-order valence-electron chi connectivity index (χ4n) is 1.89. The molecule has 1 unspecified atom stereocenters. The van der Waals surface area contributed by atoms with Gasteiger partial charge in [0.15, 0.2) is 0 Å². The van der Waals surface area contributed by atoms with Crippen molar-refractivity contribution in [2.45, 2.75) is 33.2 Å². The monoisotopic (exact) mass is 357 g/mol. The third-order valence-corrected chi connectivity index (χ3v) is 3.35. The van der Waals surface area contributed by atoms with Gasteiger partial charge in [-0.15, -0.1) is 12.4 Å². The van der Waals surface area contributed by atoms with Gasteiger partial charge in [0.25, 0.3) is 0 Å². The maximum Gasteiger partial charge on any atom is 0.239 e. The number of rotatable bonds is 9. The summed E-state index contributed by atoms with van der Waals surface area (Å²) in [6.45, 7) is 6.71. The number of nitrogens with one attached hydrogen (secondary N) is 2. The summed E-state index contributed by atoms with van der Waals surface area (Å²) in [4.78, 5) is 22.7. The van der Waals surface area contributed by atoms with E-state index in [1.54, 1.807) is 0 Å². The first-order valence-corrected chi connectivity index (χ1v) is 7.91. The van der Waals surface area contributed by atoms with Crippen molar-refractivity contribution in [2.24, 2.45) is 11.7 Å². The van der Waals surface area contributed by atoms with Crippen molar-refractivity contribution in [2.75, 3.05) is 19.7 Å². The summed E-state index contributed by atoms with van der Waals surface area (Å²) in [6, 6.07) is 7.49. The number of halogens is 1. The lowest BCUT2D eigenvalue weighted by molar-refractivity contribution is -0.125. The van der Waals surface area contributed by atoms with E-state index < -0.39 is 0 Å². The van der Waals surface area contributed by atoms with Crippen LogP contribution in [0.1, 0.15) is 38.8 Å². The summed E-state index contributed by atoms with van der Waals surface area (Å²) < 4.78 is 5.66. The van der Waals surface area contributed by atoms with Crippen LogP contribution in [0.25, 0.3) is 0 Å². The Hall–Kier alpha value is -1.79. The number of ether oxygens (including phenoxy) is 1. The molecule has 0 aliphatic rings. The minimum absolute atomic E-state index is 0. The van der Waals surface area contributed by atoms with Gasteiger partial charge in [-0.1, -0.05) is 26.0 Å². The molecule has 1 rings (SSSR count). The smallest absolute Gasteiger partial charge is 0.239 e. The summed E-state index contributed by atoms with van der Waals surface area (Å²) in [5.41, 5.74) is 6.13. The number of carbonyl (C=O) groups is 2. The highest BCUT2D eigenvalue weighted by atomic mass is 35.5. The molecule has 0 aliphatic carbocycles. The Labute approximate surface area is 149 Å². The summed E-state index contributed by atoms with van der Waals surface area (Å²) in [6.07, 6.45) is 1.02. The van der Waals surface area contributed by atoms with Crippen LogP contribution < -0.4 is 21.1 Å². The third-order valence-electron chi connectivity index (χ3n) is 3.35. The van der Waals surface area contributed by atoms with E-state index >= 15 is 0 Å². The van der Waals surface area contributed by atoms with Crippen LogP contribution in [-0.2, 0) is 9.59 Å². The quantitative estimate of drug-likeness (QED) is 0.628. The molecule has 0 heterocycles. The van der Waals surface area contributed by atoms with Crippen LogP contribution in [0.15, 0.2) is 24.3 Å². The predicted octanol–water partition coefficient (Wildman–Crippen LogP) is 1.79. The van der Waals surface area contributed by atoms with Crippen LogP contribution in [0.2, 0.25) is 0 Å². The van der Waals surface area contributed by atoms with Crippen LogP contribution in [0.3, 0.4) is 0 Å². The second-order valence-electron chi connectivity index (χ2n) is 5.87. The lowest BCUT2D eigenvalue weighted by Gasteiger charge is -2.15. The van der Waals surface area contributed by atoms with Crippen LogP contribution in [0.5, 0.6) is 5.75 Å². The second-order valence-corrected chi connectivity index (χ2v) is 5.87. The van der Waals surface area contributed by atoms with Crippen molar-refractivity contribution in [1.29, 1.82) is 0 Å². The zero-order valence-corrected chi connectivity index (χ0v) is 15.3. The Kier molecular flexibility index (Phi) is 10.8. The lowest BCUT2D eigenvalue weighted by Crippen LogP contribution is -2.40. The van der Waals surface area contributed by atoms with Gasteiger partial charge in [-0.05, 0) is 37.0 Å². The van der Waals surface area contributed by atoms with E-state index in [9.17, 15) is 9.59 Å². The molecule has 0 spiro atoms. The SMILES string of the molecule is CC(C)CCOc1ccc(C(C)NC(=O)CNC(=O)CN)cc1.Cl. The summed E-state index contributed by atoms with van der Waals surface area (Å²) in [5, 5.41) is 5.25. The second kappa shape index (κ2) is 11.7. The molecule has 0 aromatic heterocycles. The zero-order chi connectivity index (χ0) is 17.2. The minimum Gasteiger partial charge on any atom is -0.494 e. The van der Waals surface area contributed by atoms with E-state index in [-0.39, 0.29) is 43.4 Å². The highest BCUT2D eigenvalue weighted by molar-refractivity contribution is 5.85. The molecule has 0 bridgehead atoms. The molecule has 0 radical (unpaired) electrons. The fraction of sp³-hybridized carbons (Fsp3) is 0.529. The molecule has 4 N–H and O–H groups in total. The highest BCUT2D eigenvalue weighted by Crippen LogP contribution is 2.18.